The van der Waals surface area contributed by atoms with Crippen molar-refractivity contribution in [1.82, 2.24) is 9.38 Å². The van der Waals surface area contributed by atoms with Gasteiger partial charge in [0, 0.05) is 18.0 Å². The topological polar surface area (TPSA) is 38.6 Å². The third-order valence-corrected chi connectivity index (χ3v) is 4.10. The molecule has 0 saturated heterocycles. The maximum atomic E-state index is 5.31. The number of pyridine rings is 1. The number of nitrogens with zero attached hydrogens (tertiary/aromatic N) is 2. The van der Waals surface area contributed by atoms with Gasteiger partial charge in [-0.05, 0) is 47.1 Å². The van der Waals surface area contributed by atoms with Gasteiger partial charge in [-0.1, -0.05) is 6.07 Å². The number of methoxy groups -OCH3 is 1. The molecule has 0 atom stereocenters. The Bertz CT molecular complexity index is 782. The molecular weight excluding hydrogens is 330 g/mol. The summed E-state index contributed by atoms with van der Waals surface area (Å²) in [5.74, 6) is 0.815. The molecule has 3 aromatic rings. The number of rotatable bonds is 4. The van der Waals surface area contributed by atoms with E-state index >= 15 is 0 Å². The molecule has 3 rings (SSSR count). The number of anilines is 1. The molecular formula is C16H16BrN3O. The van der Waals surface area contributed by atoms with Gasteiger partial charge in [0.2, 0.25) is 0 Å². The molecule has 1 aromatic carbocycles. The number of nitrogens with one attached hydrogen (secondary N) is 1. The number of hydrogen-bond acceptors (Lipinski definition) is 3. The van der Waals surface area contributed by atoms with Crippen LogP contribution in [0.25, 0.3) is 5.65 Å². The minimum absolute atomic E-state index is 0.710. The third kappa shape index (κ3) is 2.74. The molecule has 0 aliphatic rings. The van der Waals surface area contributed by atoms with Gasteiger partial charge in [0.15, 0.2) is 0 Å². The normalized spacial score (nSPS) is 10.8. The van der Waals surface area contributed by atoms with E-state index in [0.717, 1.165) is 32.9 Å². The molecule has 0 amide bonds. The lowest BCUT2D eigenvalue weighted by atomic mass is 10.2. The van der Waals surface area contributed by atoms with Crippen LogP contribution in [0.4, 0.5) is 5.69 Å². The fourth-order valence-electron chi connectivity index (χ4n) is 2.33. The highest BCUT2D eigenvalue weighted by molar-refractivity contribution is 9.10. The van der Waals surface area contributed by atoms with Gasteiger partial charge in [0.25, 0.3) is 0 Å². The van der Waals surface area contributed by atoms with E-state index in [1.54, 1.807) is 7.11 Å². The van der Waals surface area contributed by atoms with Crippen LogP contribution in [0.3, 0.4) is 0 Å². The molecule has 21 heavy (non-hydrogen) atoms. The van der Waals surface area contributed by atoms with Crippen molar-refractivity contribution < 1.29 is 4.74 Å². The van der Waals surface area contributed by atoms with Gasteiger partial charge >= 0.3 is 0 Å². The minimum Gasteiger partial charge on any atom is -0.495 e. The van der Waals surface area contributed by atoms with Crippen LogP contribution in [0.15, 0.2) is 47.1 Å². The van der Waals surface area contributed by atoms with Gasteiger partial charge in [0.1, 0.15) is 11.4 Å². The van der Waals surface area contributed by atoms with E-state index in [1.165, 1.54) is 0 Å². The Morgan fingerprint density at radius 3 is 2.95 bits per heavy atom. The number of hydrogen-bond donors (Lipinski definition) is 1. The SMILES string of the molecule is COc1cc(NCc2c(C)nc3ccccn23)ccc1Br. The Morgan fingerprint density at radius 1 is 1.29 bits per heavy atom. The van der Waals surface area contributed by atoms with Gasteiger partial charge < -0.3 is 14.5 Å². The molecule has 1 N–H and O–H groups in total. The monoisotopic (exact) mass is 345 g/mol. The smallest absolute Gasteiger partial charge is 0.137 e. The summed E-state index contributed by atoms with van der Waals surface area (Å²) in [5, 5.41) is 3.42. The second kappa shape index (κ2) is 5.77. The Labute approximate surface area is 131 Å². The molecule has 5 heteroatoms. The van der Waals surface area contributed by atoms with Crippen LogP contribution in [-0.2, 0) is 6.54 Å². The molecule has 0 unspecified atom stereocenters. The highest BCUT2D eigenvalue weighted by Gasteiger charge is 2.08. The van der Waals surface area contributed by atoms with Crippen molar-refractivity contribution in [2.75, 3.05) is 12.4 Å². The van der Waals surface area contributed by atoms with Crippen molar-refractivity contribution in [2.24, 2.45) is 0 Å². The molecule has 2 heterocycles. The van der Waals surface area contributed by atoms with Crippen molar-refractivity contribution in [3.05, 3.63) is 58.5 Å². The average Bonchev–Trinajstić information content (AvgIpc) is 2.82. The Hall–Kier alpha value is -2.01. The van der Waals surface area contributed by atoms with Gasteiger partial charge in [-0.2, -0.15) is 0 Å². The maximum Gasteiger partial charge on any atom is 0.137 e. The summed E-state index contributed by atoms with van der Waals surface area (Å²) >= 11 is 3.46. The van der Waals surface area contributed by atoms with E-state index in [2.05, 4.69) is 30.6 Å². The van der Waals surface area contributed by atoms with Gasteiger partial charge in [0.05, 0.1) is 29.5 Å². The van der Waals surface area contributed by atoms with Crippen molar-refractivity contribution in [3.8, 4) is 5.75 Å². The largest absolute Gasteiger partial charge is 0.495 e. The van der Waals surface area contributed by atoms with Crippen LogP contribution in [0, 0.1) is 6.92 Å². The van der Waals surface area contributed by atoms with Crippen molar-refractivity contribution in [2.45, 2.75) is 13.5 Å². The lowest BCUT2D eigenvalue weighted by Crippen LogP contribution is -2.04. The number of imidazole rings is 1. The fraction of sp³-hybridized carbons (Fsp3) is 0.188. The molecule has 0 aliphatic heterocycles. The summed E-state index contributed by atoms with van der Waals surface area (Å²) in [6.07, 6.45) is 2.04. The lowest BCUT2D eigenvalue weighted by molar-refractivity contribution is 0.412. The predicted molar refractivity (Wildman–Crippen MR) is 87.9 cm³/mol. The number of benzene rings is 1. The van der Waals surface area contributed by atoms with E-state index in [0.29, 0.717) is 6.54 Å². The van der Waals surface area contributed by atoms with Crippen molar-refractivity contribution >= 4 is 27.3 Å². The van der Waals surface area contributed by atoms with Crippen LogP contribution in [0.2, 0.25) is 0 Å². The van der Waals surface area contributed by atoms with Gasteiger partial charge in [-0.15, -0.1) is 0 Å². The first-order chi connectivity index (χ1) is 10.2. The third-order valence-electron chi connectivity index (χ3n) is 3.44. The number of fused-ring (bicyclic) bond motifs is 1. The molecule has 4 nitrogen and oxygen atoms in total. The second-order valence-electron chi connectivity index (χ2n) is 4.78. The van der Waals surface area contributed by atoms with E-state index in [-0.39, 0.29) is 0 Å². The van der Waals surface area contributed by atoms with Crippen molar-refractivity contribution in [1.29, 1.82) is 0 Å². The van der Waals surface area contributed by atoms with E-state index in [9.17, 15) is 0 Å². The zero-order chi connectivity index (χ0) is 14.8. The second-order valence-corrected chi connectivity index (χ2v) is 5.63. The summed E-state index contributed by atoms with van der Waals surface area (Å²) in [7, 11) is 1.67. The van der Waals surface area contributed by atoms with Crippen LogP contribution >= 0.6 is 15.9 Å². The predicted octanol–water partition coefficient (Wildman–Crippen LogP) is 4.03. The molecule has 0 bridgehead atoms. The number of aromatic nitrogens is 2. The minimum atomic E-state index is 0.710. The molecule has 0 fully saturated rings. The van der Waals surface area contributed by atoms with Crippen molar-refractivity contribution in [3.63, 3.8) is 0 Å². The van der Waals surface area contributed by atoms with Crippen LogP contribution < -0.4 is 10.1 Å². The Kier molecular flexibility index (Phi) is 3.84. The number of halogens is 1. The molecule has 2 aromatic heterocycles. The number of ether oxygens (including phenoxy) is 1. The average molecular weight is 346 g/mol. The molecule has 0 spiro atoms. The summed E-state index contributed by atoms with van der Waals surface area (Å²) < 4.78 is 8.37. The summed E-state index contributed by atoms with van der Waals surface area (Å²) in [5.41, 5.74) is 4.19. The Balaban J connectivity index is 1.85. The highest BCUT2D eigenvalue weighted by Crippen LogP contribution is 2.28. The first-order valence-electron chi connectivity index (χ1n) is 6.69. The first-order valence-corrected chi connectivity index (χ1v) is 7.48. The summed E-state index contributed by atoms with van der Waals surface area (Å²) in [4.78, 5) is 4.56. The number of aryl methyl sites for hydroxylation is 1. The van der Waals surface area contributed by atoms with E-state index in [4.69, 9.17) is 4.74 Å². The van der Waals surface area contributed by atoms with E-state index < -0.39 is 0 Å². The lowest BCUT2D eigenvalue weighted by Gasteiger charge is -2.10. The zero-order valence-corrected chi connectivity index (χ0v) is 13.5. The Morgan fingerprint density at radius 2 is 2.14 bits per heavy atom. The van der Waals surface area contributed by atoms with Crippen LogP contribution in [0.1, 0.15) is 11.4 Å². The molecule has 0 saturated carbocycles. The van der Waals surface area contributed by atoms with E-state index in [1.807, 2.05) is 49.5 Å². The summed E-state index contributed by atoms with van der Waals surface area (Å²) in [6.45, 7) is 2.74. The zero-order valence-electron chi connectivity index (χ0n) is 11.9. The van der Waals surface area contributed by atoms with Gasteiger partial charge in [-0.25, -0.2) is 4.98 Å². The maximum absolute atomic E-state index is 5.31. The van der Waals surface area contributed by atoms with Crippen LogP contribution in [0.5, 0.6) is 5.75 Å². The van der Waals surface area contributed by atoms with Gasteiger partial charge in [-0.3, -0.25) is 0 Å². The standard InChI is InChI=1S/C16H16BrN3O/c1-11-14(20-8-4-3-5-16(20)19-11)10-18-12-6-7-13(17)15(9-12)21-2/h3-9,18H,10H2,1-2H3. The highest BCUT2D eigenvalue weighted by atomic mass is 79.9. The molecule has 0 aliphatic carbocycles. The quantitative estimate of drug-likeness (QED) is 0.775. The van der Waals surface area contributed by atoms with Crippen LogP contribution in [-0.4, -0.2) is 16.5 Å². The summed E-state index contributed by atoms with van der Waals surface area (Å²) in [6, 6.07) is 12.0. The first kappa shape index (κ1) is 13.9. The molecule has 108 valence electrons. The fourth-order valence-corrected chi connectivity index (χ4v) is 2.74. The molecule has 0 radical (unpaired) electrons.